The minimum Gasteiger partial charge on any atom is -0.268 e. The van der Waals surface area contributed by atoms with Gasteiger partial charge in [-0.05, 0) is 48.9 Å². The van der Waals surface area contributed by atoms with E-state index in [2.05, 4.69) is 0 Å². The SMILES string of the molecule is Cc1ccc(S(=O)(=O)c2ccc(CN3C(=O)c4ccccc4S3(=O)=O)cc2)cc1. The molecule has 29 heavy (non-hydrogen) atoms. The van der Waals surface area contributed by atoms with E-state index < -0.39 is 25.8 Å². The van der Waals surface area contributed by atoms with Gasteiger partial charge in [0, 0.05) is 0 Å². The van der Waals surface area contributed by atoms with Crippen LogP contribution in [0, 0.1) is 6.92 Å². The summed E-state index contributed by atoms with van der Waals surface area (Å²) in [6, 6.07) is 18.5. The first kappa shape index (κ1) is 19.4. The third kappa shape index (κ3) is 3.24. The van der Waals surface area contributed by atoms with Crippen molar-refractivity contribution in [2.45, 2.75) is 28.2 Å². The van der Waals surface area contributed by atoms with Gasteiger partial charge in [0.25, 0.3) is 15.9 Å². The van der Waals surface area contributed by atoms with Gasteiger partial charge in [-0.1, -0.05) is 42.0 Å². The Labute approximate surface area is 169 Å². The predicted molar refractivity (Wildman–Crippen MR) is 107 cm³/mol. The number of carbonyl (C=O) groups is 1. The zero-order chi connectivity index (χ0) is 20.8. The summed E-state index contributed by atoms with van der Waals surface area (Å²) < 4.78 is 51.6. The van der Waals surface area contributed by atoms with Crippen molar-refractivity contribution in [1.29, 1.82) is 0 Å². The summed E-state index contributed by atoms with van der Waals surface area (Å²) in [5.41, 5.74) is 1.61. The highest BCUT2D eigenvalue weighted by molar-refractivity contribution is 7.91. The van der Waals surface area contributed by atoms with E-state index in [1.807, 2.05) is 6.92 Å². The summed E-state index contributed by atoms with van der Waals surface area (Å²) in [6.07, 6.45) is 0. The lowest BCUT2D eigenvalue weighted by Crippen LogP contribution is -2.29. The number of fused-ring (bicyclic) bond motifs is 1. The van der Waals surface area contributed by atoms with Crippen LogP contribution in [0.15, 0.2) is 87.5 Å². The van der Waals surface area contributed by atoms with Gasteiger partial charge in [0.15, 0.2) is 0 Å². The second-order valence-electron chi connectivity index (χ2n) is 6.77. The number of rotatable bonds is 4. The summed E-state index contributed by atoms with van der Waals surface area (Å²) in [4.78, 5) is 12.8. The van der Waals surface area contributed by atoms with Crippen molar-refractivity contribution in [3.8, 4) is 0 Å². The van der Waals surface area contributed by atoms with Crippen LogP contribution in [0.5, 0.6) is 0 Å². The fraction of sp³-hybridized carbons (Fsp3) is 0.0952. The first-order chi connectivity index (χ1) is 13.7. The Morgan fingerprint density at radius 2 is 1.38 bits per heavy atom. The molecule has 0 radical (unpaired) electrons. The number of amides is 1. The van der Waals surface area contributed by atoms with Crippen LogP contribution in [0.1, 0.15) is 21.5 Å². The molecule has 0 spiro atoms. The lowest BCUT2D eigenvalue weighted by atomic mass is 10.2. The molecule has 3 aromatic carbocycles. The molecule has 1 amide bonds. The van der Waals surface area contributed by atoms with Gasteiger partial charge in [0.2, 0.25) is 9.84 Å². The molecule has 3 aromatic rings. The summed E-state index contributed by atoms with van der Waals surface area (Å²) >= 11 is 0. The summed E-state index contributed by atoms with van der Waals surface area (Å²) in [6.45, 7) is 1.71. The van der Waals surface area contributed by atoms with E-state index in [4.69, 9.17) is 0 Å². The molecule has 0 fully saturated rings. The van der Waals surface area contributed by atoms with Crippen molar-refractivity contribution >= 4 is 25.8 Å². The van der Waals surface area contributed by atoms with Crippen LogP contribution < -0.4 is 0 Å². The number of benzene rings is 3. The van der Waals surface area contributed by atoms with Crippen molar-refractivity contribution < 1.29 is 21.6 Å². The van der Waals surface area contributed by atoms with E-state index in [1.54, 1.807) is 36.4 Å². The molecule has 0 bridgehead atoms. The van der Waals surface area contributed by atoms with Crippen molar-refractivity contribution in [3.63, 3.8) is 0 Å². The van der Waals surface area contributed by atoms with Crippen LogP contribution in [0.2, 0.25) is 0 Å². The molecule has 0 N–H and O–H groups in total. The lowest BCUT2D eigenvalue weighted by molar-refractivity contribution is 0.0865. The minimum atomic E-state index is -3.91. The highest BCUT2D eigenvalue weighted by Gasteiger charge is 2.40. The molecule has 4 rings (SSSR count). The number of carbonyl (C=O) groups excluding carboxylic acids is 1. The Hall–Kier alpha value is -2.97. The molecule has 1 aliphatic rings. The first-order valence-electron chi connectivity index (χ1n) is 8.78. The highest BCUT2D eigenvalue weighted by Crippen LogP contribution is 2.31. The van der Waals surface area contributed by atoms with Gasteiger partial charge in [0.1, 0.15) is 4.90 Å². The molecule has 1 heterocycles. The van der Waals surface area contributed by atoms with Gasteiger partial charge < -0.3 is 0 Å². The number of aryl methyl sites for hydroxylation is 1. The molecule has 1 aliphatic heterocycles. The molecule has 6 nitrogen and oxygen atoms in total. The van der Waals surface area contributed by atoms with E-state index in [0.29, 0.717) is 5.56 Å². The van der Waals surface area contributed by atoms with E-state index in [1.165, 1.54) is 36.4 Å². The van der Waals surface area contributed by atoms with E-state index in [9.17, 15) is 21.6 Å². The molecule has 0 saturated heterocycles. The van der Waals surface area contributed by atoms with Crippen molar-refractivity contribution in [1.82, 2.24) is 4.31 Å². The fourth-order valence-electron chi connectivity index (χ4n) is 3.18. The van der Waals surface area contributed by atoms with Crippen LogP contribution in [0.25, 0.3) is 0 Å². The quantitative estimate of drug-likeness (QED) is 0.638. The zero-order valence-corrected chi connectivity index (χ0v) is 17.1. The smallest absolute Gasteiger partial charge is 0.268 e. The second-order valence-corrected chi connectivity index (χ2v) is 10.6. The Kier molecular flexibility index (Phi) is 4.55. The van der Waals surface area contributed by atoms with Crippen LogP contribution in [0.3, 0.4) is 0 Å². The minimum absolute atomic E-state index is 0.0106. The molecule has 0 atom stereocenters. The van der Waals surface area contributed by atoms with Crippen molar-refractivity contribution in [3.05, 3.63) is 89.5 Å². The van der Waals surface area contributed by atoms with Crippen LogP contribution >= 0.6 is 0 Å². The Bertz CT molecular complexity index is 1310. The number of hydrogen-bond donors (Lipinski definition) is 0. The maximum absolute atomic E-state index is 12.7. The molecule has 8 heteroatoms. The second kappa shape index (κ2) is 6.82. The Morgan fingerprint density at radius 1 is 0.828 bits per heavy atom. The topological polar surface area (TPSA) is 88.6 Å². The molecule has 0 aromatic heterocycles. The summed E-state index contributed by atoms with van der Waals surface area (Å²) in [5.74, 6) is -0.586. The van der Waals surface area contributed by atoms with Gasteiger partial charge in [-0.3, -0.25) is 4.79 Å². The standard InChI is InChI=1S/C21H17NO5S2/c1-15-6-10-17(11-7-15)28(24,25)18-12-8-16(9-13-18)14-22-21(23)19-4-2-3-5-20(19)29(22,26)27/h2-13H,14H2,1H3. The predicted octanol–water partition coefficient (Wildman–Crippen LogP) is 3.17. The Morgan fingerprint density at radius 3 is 1.97 bits per heavy atom. The van der Waals surface area contributed by atoms with Gasteiger partial charge in [-0.15, -0.1) is 0 Å². The van der Waals surface area contributed by atoms with Crippen LogP contribution in [-0.4, -0.2) is 27.0 Å². The molecule has 0 unspecified atom stereocenters. The van der Waals surface area contributed by atoms with Gasteiger partial charge in [0.05, 0.1) is 21.9 Å². The first-order valence-corrected chi connectivity index (χ1v) is 11.7. The van der Waals surface area contributed by atoms with Gasteiger partial charge >= 0.3 is 0 Å². The molecule has 0 aliphatic carbocycles. The van der Waals surface area contributed by atoms with Crippen molar-refractivity contribution in [2.75, 3.05) is 0 Å². The third-order valence-corrected chi connectivity index (χ3v) is 8.38. The fourth-order valence-corrected chi connectivity index (χ4v) is 6.00. The molecular weight excluding hydrogens is 410 g/mol. The number of sulfone groups is 1. The van der Waals surface area contributed by atoms with Crippen molar-refractivity contribution in [2.24, 2.45) is 0 Å². The van der Waals surface area contributed by atoms with E-state index in [-0.39, 0.29) is 26.8 Å². The van der Waals surface area contributed by atoms with Crippen LogP contribution in [-0.2, 0) is 26.4 Å². The third-order valence-electron chi connectivity index (χ3n) is 4.80. The number of sulfonamides is 1. The maximum atomic E-state index is 12.7. The average molecular weight is 428 g/mol. The van der Waals surface area contributed by atoms with E-state index in [0.717, 1.165) is 9.87 Å². The maximum Gasteiger partial charge on any atom is 0.269 e. The van der Waals surface area contributed by atoms with Gasteiger partial charge in [-0.25, -0.2) is 21.1 Å². The molecule has 0 saturated carbocycles. The monoisotopic (exact) mass is 427 g/mol. The molecule has 148 valence electrons. The molecular formula is C21H17NO5S2. The van der Waals surface area contributed by atoms with Crippen LogP contribution in [0.4, 0.5) is 0 Å². The van der Waals surface area contributed by atoms with E-state index >= 15 is 0 Å². The summed E-state index contributed by atoms with van der Waals surface area (Å²) in [5, 5.41) is 0. The van der Waals surface area contributed by atoms with Gasteiger partial charge in [-0.2, -0.15) is 0 Å². The normalized spacial score (nSPS) is 15.3. The highest BCUT2D eigenvalue weighted by atomic mass is 32.2. The number of hydrogen-bond acceptors (Lipinski definition) is 5. The zero-order valence-electron chi connectivity index (χ0n) is 15.4. The lowest BCUT2D eigenvalue weighted by Gasteiger charge is -2.15. The average Bonchev–Trinajstić information content (AvgIpc) is 2.90. The summed E-state index contributed by atoms with van der Waals surface area (Å²) in [7, 11) is -7.59. The number of nitrogens with zero attached hydrogens (tertiary/aromatic N) is 1. The largest absolute Gasteiger partial charge is 0.269 e. The Balaban J connectivity index is 1.61.